The first-order chi connectivity index (χ1) is 10.2. The van der Waals surface area contributed by atoms with Gasteiger partial charge in [0, 0.05) is 19.8 Å². The zero-order chi connectivity index (χ0) is 15.1. The molecule has 0 aromatic heterocycles. The minimum atomic E-state index is -0.733. The number of nitrogens with one attached hydrogen (secondary N) is 1. The predicted molar refractivity (Wildman–Crippen MR) is 73.1 cm³/mol. The molecule has 1 amide bonds. The Morgan fingerprint density at radius 2 is 2.29 bits per heavy atom. The summed E-state index contributed by atoms with van der Waals surface area (Å²) in [6.07, 6.45) is 2.88. The molecule has 1 heterocycles. The molecule has 116 valence electrons. The summed E-state index contributed by atoms with van der Waals surface area (Å²) in [5, 5.41) is 2.54. The van der Waals surface area contributed by atoms with Crippen LogP contribution in [0.4, 0.5) is 8.78 Å². The zero-order valence-corrected chi connectivity index (χ0v) is 11.7. The van der Waals surface area contributed by atoms with Crippen molar-refractivity contribution in [3.8, 4) is 0 Å². The molecule has 0 bridgehead atoms. The summed E-state index contributed by atoms with van der Waals surface area (Å²) < 4.78 is 37.2. The van der Waals surface area contributed by atoms with Crippen molar-refractivity contribution >= 4 is 5.91 Å². The highest BCUT2D eigenvalue weighted by atomic mass is 19.1. The molecule has 1 fully saturated rings. The molecule has 4 nitrogen and oxygen atoms in total. The van der Waals surface area contributed by atoms with Gasteiger partial charge in [0.15, 0.2) is 0 Å². The van der Waals surface area contributed by atoms with Gasteiger partial charge in [0.25, 0.3) is 5.91 Å². The molecule has 6 heteroatoms. The minimum Gasteiger partial charge on any atom is -0.379 e. The van der Waals surface area contributed by atoms with E-state index in [1.165, 1.54) is 0 Å². The van der Waals surface area contributed by atoms with E-state index in [2.05, 4.69) is 5.32 Å². The van der Waals surface area contributed by atoms with Crippen LogP contribution in [0.2, 0.25) is 0 Å². The largest absolute Gasteiger partial charge is 0.379 e. The van der Waals surface area contributed by atoms with E-state index in [1.807, 2.05) is 0 Å². The molecule has 21 heavy (non-hydrogen) atoms. The van der Waals surface area contributed by atoms with Crippen molar-refractivity contribution in [1.29, 1.82) is 0 Å². The quantitative estimate of drug-likeness (QED) is 0.786. The molecule has 1 aliphatic rings. The fourth-order valence-corrected chi connectivity index (χ4v) is 2.13. The number of ether oxygens (including phenoxy) is 2. The summed E-state index contributed by atoms with van der Waals surface area (Å²) in [4.78, 5) is 11.7. The molecule has 0 spiro atoms. The summed E-state index contributed by atoms with van der Waals surface area (Å²) in [5.74, 6) is -1.99. The van der Waals surface area contributed by atoms with E-state index in [0.717, 1.165) is 37.6 Å². The topological polar surface area (TPSA) is 47.6 Å². The van der Waals surface area contributed by atoms with Gasteiger partial charge in [0.1, 0.15) is 11.6 Å². The van der Waals surface area contributed by atoms with E-state index in [1.54, 1.807) is 0 Å². The molecule has 0 radical (unpaired) electrons. The maximum Gasteiger partial charge on any atom is 0.254 e. The number of halogens is 2. The lowest BCUT2D eigenvalue weighted by molar-refractivity contribution is 0.0166. The van der Waals surface area contributed by atoms with Gasteiger partial charge in [-0.15, -0.1) is 0 Å². The predicted octanol–water partition coefficient (Wildman–Crippen LogP) is 2.28. The van der Waals surface area contributed by atoms with Crippen LogP contribution in [0.3, 0.4) is 0 Å². The van der Waals surface area contributed by atoms with Crippen LogP contribution in [0.25, 0.3) is 0 Å². The summed E-state index contributed by atoms with van der Waals surface area (Å²) in [5.41, 5.74) is -0.282. The monoisotopic (exact) mass is 299 g/mol. The third-order valence-electron chi connectivity index (χ3n) is 3.25. The Morgan fingerprint density at radius 3 is 3.05 bits per heavy atom. The number of carbonyl (C=O) groups excluding carboxylic acids is 1. The van der Waals surface area contributed by atoms with Crippen LogP contribution < -0.4 is 5.32 Å². The summed E-state index contributed by atoms with van der Waals surface area (Å²) in [6.45, 7) is 2.20. The zero-order valence-electron chi connectivity index (χ0n) is 11.7. The Balaban J connectivity index is 1.61. The second-order valence-electron chi connectivity index (χ2n) is 4.94. The van der Waals surface area contributed by atoms with Crippen molar-refractivity contribution in [2.24, 2.45) is 0 Å². The molecule has 0 saturated carbocycles. The van der Waals surface area contributed by atoms with Gasteiger partial charge in [-0.05, 0) is 37.5 Å². The number of hydrogen-bond acceptors (Lipinski definition) is 3. The van der Waals surface area contributed by atoms with E-state index in [9.17, 15) is 13.6 Å². The molecule has 1 saturated heterocycles. The second kappa shape index (κ2) is 8.05. The van der Waals surface area contributed by atoms with Gasteiger partial charge in [-0.25, -0.2) is 8.78 Å². The first-order valence-corrected chi connectivity index (χ1v) is 7.09. The fraction of sp³-hybridized carbons (Fsp3) is 0.533. The lowest BCUT2D eigenvalue weighted by Gasteiger charge is -2.10. The fourth-order valence-electron chi connectivity index (χ4n) is 2.13. The number of hydrogen-bond donors (Lipinski definition) is 1. The Kier molecular flexibility index (Phi) is 6.07. The van der Waals surface area contributed by atoms with E-state index < -0.39 is 17.5 Å². The third kappa shape index (κ3) is 5.06. The van der Waals surface area contributed by atoms with Crippen LogP contribution in [0.5, 0.6) is 0 Å². The van der Waals surface area contributed by atoms with Gasteiger partial charge in [-0.2, -0.15) is 0 Å². The Labute approximate surface area is 122 Å². The normalized spacial score (nSPS) is 17.9. The molecule has 1 aromatic carbocycles. The van der Waals surface area contributed by atoms with Gasteiger partial charge in [0.05, 0.1) is 18.3 Å². The van der Waals surface area contributed by atoms with Gasteiger partial charge < -0.3 is 14.8 Å². The number of carbonyl (C=O) groups is 1. The van der Waals surface area contributed by atoms with Crippen molar-refractivity contribution in [3.05, 3.63) is 35.4 Å². The van der Waals surface area contributed by atoms with Crippen molar-refractivity contribution in [1.82, 2.24) is 5.32 Å². The molecular weight excluding hydrogens is 280 g/mol. The van der Waals surface area contributed by atoms with Crippen molar-refractivity contribution in [2.75, 3.05) is 26.4 Å². The minimum absolute atomic E-state index is 0.181. The number of amides is 1. The molecule has 1 atom stereocenters. The highest BCUT2D eigenvalue weighted by Crippen LogP contribution is 2.12. The van der Waals surface area contributed by atoms with Crippen LogP contribution in [-0.4, -0.2) is 38.4 Å². The molecule has 1 aromatic rings. The summed E-state index contributed by atoms with van der Waals surface area (Å²) in [7, 11) is 0. The lowest BCUT2D eigenvalue weighted by Crippen LogP contribution is -2.26. The van der Waals surface area contributed by atoms with E-state index in [0.29, 0.717) is 26.2 Å². The smallest absolute Gasteiger partial charge is 0.254 e. The van der Waals surface area contributed by atoms with Crippen LogP contribution in [-0.2, 0) is 9.47 Å². The Bertz CT molecular complexity index is 476. The van der Waals surface area contributed by atoms with Gasteiger partial charge in [0.2, 0.25) is 0 Å². The molecule has 2 rings (SSSR count). The summed E-state index contributed by atoms with van der Waals surface area (Å²) in [6, 6.07) is 2.80. The van der Waals surface area contributed by atoms with E-state index in [-0.39, 0.29) is 11.7 Å². The maximum absolute atomic E-state index is 13.4. The number of benzene rings is 1. The molecule has 1 unspecified atom stereocenters. The van der Waals surface area contributed by atoms with Crippen LogP contribution in [0.1, 0.15) is 29.6 Å². The van der Waals surface area contributed by atoms with Gasteiger partial charge >= 0.3 is 0 Å². The van der Waals surface area contributed by atoms with Crippen molar-refractivity contribution in [2.45, 2.75) is 25.4 Å². The second-order valence-corrected chi connectivity index (χ2v) is 4.94. The molecule has 0 aliphatic carbocycles. The third-order valence-corrected chi connectivity index (χ3v) is 3.25. The highest BCUT2D eigenvalue weighted by molar-refractivity contribution is 5.94. The van der Waals surface area contributed by atoms with E-state index in [4.69, 9.17) is 9.47 Å². The first-order valence-electron chi connectivity index (χ1n) is 7.09. The molecule has 1 aliphatic heterocycles. The Morgan fingerprint density at radius 1 is 1.43 bits per heavy atom. The first kappa shape index (κ1) is 15.9. The van der Waals surface area contributed by atoms with Gasteiger partial charge in [-0.1, -0.05) is 0 Å². The van der Waals surface area contributed by atoms with Crippen LogP contribution >= 0.6 is 0 Å². The average molecular weight is 299 g/mol. The SMILES string of the molecule is O=C(NCCCOCC1CCCO1)c1cc(F)ccc1F. The van der Waals surface area contributed by atoms with Gasteiger partial charge in [-0.3, -0.25) is 4.79 Å². The lowest BCUT2D eigenvalue weighted by atomic mass is 10.2. The van der Waals surface area contributed by atoms with Crippen molar-refractivity contribution < 1.29 is 23.0 Å². The maximum atomic E-state index is 13.4. The molecular formula is C15H19F2NO3. The highest BCUT2D eigenvalue weighted by Gasteiger charge is 2.15. The average Bonchev–Trinajstić information content (AvgIpc) is 2.98. The summed E-state index contributed by atoms with van der Waals surface area (Å²) >= 11 is 0. The standard InChI is InChI=1S/C15H19F2NO3/c16-11-4-5-14(17)13(9-11)15(19)18-6-2-7-20-10-12-3-1-8-21-12/h4-5,9,12H,1-3,6-8,10H2,(H,18,19). The van der Waals surface area contributed by atoms with Crippen molar-refractivity contribution in [3.63, 3.8) is 0 Å². The molecule has 1 N–H and O–H groups in total. The Hall–Kier alpha value is -1.53. The van der Waals surface area contributed by atoms with E-state index >= 15 is 0 Å². The number of rotatable bonds is 7. The van der Waals surface area contributed by atoms with Crippen LogP contribution in [0.15, 0.2) is 18.2 Å². The van der Waals surface area contributed by atoms with Crippen LogP contribution in [0, 0.1) is 11.6 Å².